The highest BCUT2D eigenvalue weighted by Crippen LogP contribution is 2.24. The molecule has 0 saturated heterocycles. The van der Waals surface area contributed by atoms with E-state index in [1.165, 1.54) is 32.2 Å². The molecule has 0 aliphatic heterocycles. The molecule has 7 heteroatoms. The Labute approximate surface area is 143 Å². The summed E-state index contributed by atoms with van der Waals surface area (Å²) in [5.41, 5.74) is 1.54. The molecule has 24 heavy (non-hydrogen) atoms. The summed E-state index contributed by atoms with van der Waals surface area (Å²) in [5.74, 6) is -1.12. The molecule has 2 N–H and O–H groups in total. The lowest BCUT2D eigenvalue weighted by molar-refractivity contribution is -0.114. The summed E-state index contributed by atoms with van der Waals surface area (Å²) in [6.07, 6.45) is 0. The fourth-order valence-corrected chi connectivity index (χ4v) is 2.13. The Balaban J connectivity index is 2.17. The third-order valence-corrected chi connectivity index (χ3v) is 3.43. The van der Waals surface area contributed by atoms with E-state index in [0.29, 0.717) is 22.0 Å². The average molecular weight is 347 g/mol. The molecule has 0 atom stereocenters. The van der Waals surface area contributed by atoms with Crippen molar-refractivity contribution < 1.29 is 19.1 Å². The van der Waals surface area contributed by atoms with E-state index >= 15 is 0 Å². The van der Waals surface area contributed by atoms with Crippen LogP contribution in [0.25, 0.3) is 0 Å². The number of anilines is 2. The van der Waals surface area contributed by atoms with Gasteiger partial charge in [0, 0.05) is 18.2 Å². The molecule has 0 aliphatic carbocycles. The second-order valence-corrected chi connectivity index (χ2v) is 5.31. The Kier molecular flexibility index (Phi) is 5.55. The Morgan fingerprint density at radius 3 is 2.17 bits per heavy atom. The number of rotatable bonds is 4. The fourth-order valence-electron chi connectivity index (χ4n) is 1.97. The second-order valence-electron chi connectivity index (χ2n) is 4.90. The monoisotopic (exact) mass is 346 g/mol. The highest BCUT2D eigenvalue weighted by molar-refractivity contribution is 6.34. The van der Waals surface area contributed by atoms with Gasteiger partial charge < -0.3 is 15.4 Å². The third kappa shape index (κ3) is 4.33. The molecule has 124 valence electrons. The van der Waals surface area contributed by atoms with Gasteiger partial charge in [0.1, 0.15) is 0 Å². The lowest BCUT2D eigenvalue weighted by Crippen LogP contribution is -2.13. The average Bonchev–Trinajstić information content (AvgIpc) is 2.56. The highest BCUT2D eigenvalue weighted by Gasteiger charge is 2.12. The summed E-state index contributed by atoms with van der Waals surface area (Å²) in [5, 5.41) is 5.55. The first kappa shape index (κ1) is 17.5. The van der Waals surface area contributed by atoms with Gasteiger partial charge in [-0.2, -0.15) is 0 Å². The molecule has 2 rings (SSSR count). The van der Waals surface area contributed by atoms with Crippen molar-refractivity contribution in [3.8, 4) is 0 Å². The molecule has 0 bridgehead atoms. The van der Waals surface area contributed by atoms with E-state index in [2.05, 4.69) is 15.4 Å². The number of hydrogen-bond acceptors (Lipinski definition) is 4. The minimum Gasteiger partial charge on any atom is -0.465 e. The lowest BCUT2D eigenvalue weighted by Gasteiger charge is -2.09. The summed E-state index contributed by atoms with van der Waals surface area (Å²) >= 11 is 6.04. The maximum Gasteiger partial charge on any atom is 0.337 e. The smallest absolute Gasteiger partial charge is 0.337 e. The van der Waals surface area contributed by atoms with Crippen LogP contribution in [-0.4, -0.2) is 24.9 Å². The molecule has 2 aromatic carbocycles. The molecule has 0 spiro atoms. The van der Waals surface area contributed by atoms with Crippen molar-refractivity contribution in [1.82, 2.24) is 0 Å². The number of halogens is 1. The van der Waals surface area contributed by atoms with Gasteiger partial charge in [-0.1, -0.05) is 11.6 Å². The number of hydrogen-bond donors (Lipinski definition) is 2. The first-order chi connectivity index (χ1) is 11.4. The molecule has 0 radical (unpaired) electrons. The van der Waals surface area contributed by atoms with Crippen LogP contribution < -0.4 is 10.6 Å². The van der Waals surface area contributed by atoms with Crippen LogP contribution >= 0.6 is 11.6 Å². The van der Waals surface area contributed by atoms with Crippen LogP contribution in [0.3, 0.4) is 0 Å². The highest BCUT2D eigenvalue weighted by atomic mass is 35.5. The van der Waals surface area contributed by atoms with Crippen molar-refractivity contribution in [3.05, 3.63) is 58.6 Å². The third-order valence-electron chi connectivity index (χ3n) is 3.10. The minimum absolute atomic E-state index is 0.196. The normalized spacial score (nSPS) is 9.96. The van der Waals surface area contributed by atoms with E-state index in [1.54, 1.807) is 24.3 Å². The van der Waals surface area contributed by atoms with Crippen LogP contribution in [0, 0.1) is 0 Å². The largest absolute Gasteiger partial charge is 0.465 e. The Bertz CT molecular complexity index is 788. The van der Waals surface area contributed by atoms with Gasteiger partial charge in [0.05, 0.1) is 23.4 Å². The predicted octanol–water partition coefficient (Wildman–Crippen LogP) is 3.34. The summed E-state index contributed by atoms with van der Waals surface area (Å²) < 4.78 is 4.64. The molecule has 0 unspecified atom stereocenters. The number of carbonyl (C=O) groups is 3. The number of benzene rings is 2. The Morgan fingerprint density at radius 2 is 1.58 bits per heavy atom. The van der Waals surface area contributed by atoms with Gasteiger partial charge in [0.25, 0.3) is 5.91 Å². The number of methoxy groups -OCH3 is 1. The van der Waals surface area contributed by atoms with E-state index in [0.717, 1.165) is 0 Å². The van der Waals surface area contributed by atoms with E-state index in [4.69, 9.17) is 11.6 Å². The van der Waals surface area contributed by atoms with Crippen LogP contribution in [0.2, 0.25) is 5.02 Å². The molecular weight excluding hydrogens is 332 g/mol. The zero-order chi connectivity index (χ0) is 17.7. The van der Waals surface area contributed by atoms with Crippen molar-refractivity contribution in [2.24, 2.45) is 0 Å². The van der Waals surface area contributed by atoms with Crippen molar-refractivity contribution >= 4 is 40.8 Å². The number of nitrogens with one attached hydrogen (secondary N) is 2. The summed E-state index contributed by atoms with van der Waals surface area (Å²) in [4.78, 5) is 34.8. The van der Waals surface area contributed by atoms with E-state index in [1.807, 2.05) is 0 Å². The summed E-state index contributed by atoms with van der Waals surface area (Å²) in [6.45, 7) is 1.40. The van der Waals surface area contributed by atoms with Crippen LogP contribution in [0.5, 0.6) is 0 Å². The van der Waals surface area contributed by atoms with Gasteiger partial charge in [0.2, 0.25) is 5.91 Å². The van der Waals surface area contributed by atoms with Crippen LogP contribution in [0.15, 0.2) is 42.5 Å². The van der Waals surface area contributed by atoms with Gasteiger partial charge in [-0.05, 0) is 42.5 Å². The SMILES string of the molecule is COC(=O)c1ccc(Cl)c(NC(=O)c2ccc(NC(C)=O)cc2)c1. The first-order valence-corrected chi connectivity index (χ1v) is 7.35. The first-order valence-electron chi connectivity index (χ1n) is 6.97. The van der Waals surface area contributed by atoms with Gasteiger partial charge in [-0.3, -0.25) is 9.59 Å². The molecule has 2 aromatic rings. The molecular formula is C17H15ClN2O4. The summed E-state index contributed by atoms with van der Waals surface area (Å²) in [7, 11) is 1.27. The van der Waals surface area contributed by atoms with Gasteiger partial charge in [0.15, 0.2) is 0 Å². The van der Waals surface area contributed by atoms with Crippen molar-refractivity contribution in [3.63, 3.8) is 0 Å². The lowest BCUT2D eigenvalue weighted by atomic mass is 10.1. The van der Waals surface area contributed by atoms with Gasteiger partial charge >= 0.3 is 5.97 Å². The van der Waals surface area contributed by atoms with E-state index in [9.17, 15) is 14.4 Å². The molecule has 0 aromatic heterocycles. The number of amides is 2. The van der Waals surface area contributed by atoms with Crippen LogP contribution in [-0.2, 0) is 9.53 Å². The van der Waals surface area contributed by atoms with Gasteiger partial charge in [-0.25, -0.2) is 4.79 Å². The number of esters is 1. The maximum absolute atomic E-state index is 12.3. The molecule has 0 fully saturated rings. The molecule has 0 aliphatic rings. The fraction of sp³-hybridized carbons (Fsp3) is 0.118. The Morgan fingerprint density at radius 1 is 0.958 bits per heavy atom. The van der Waals surface area contributed by atoms with Crippen LogP contribution in [0.1, 0.15) is 27.6 Å². The number of ether oxygens (including phenoxy) is 1. The Hall–Kier alpha value is -2.86. The minimum atomic E-state index is -0.526. The van der Waals surface area contributed by atoms with Crippen molar-refractivity contribution in [2.75, 3.05) is 17.7 Å². The van der Waals surface area contributed by atoms with Crippen LogP contribution in [0.4, 0.5) is 11.4 Å². The quantitative estimate of drug-likeness (QED) is 0.831. The molecule has 2 amide bonds. The van der Waals surface area contributed by atoms with E-state index in [-0.39, 0.29) is 11.5 Å². The topological polar surface area (TPSA) is 84.5 Å². The second kappa shape index (κ2) is 7.61. The van der Waals surface area contributed by atoms with Crippen molar-refractivity contribution in [2.45, 2.75) is 6.92 Å². The molecule has 0 heterocycles. The predicted molar refractivity (Wildman–Crippen MR) is 91.5 cm³/mol. The van der Waals surface area contributed by atoms with Crippen molar-refractivity contribution in [1.29, 1.82) is 0 Å². The molecule has 0 saturated carbocycles. The zero-order valence-electron chi connectivity index (χ0n) is 13.1. The summed E-state index contributed by atoms with van der Waals surface area (Å²) in [6, 6.07) is 10.8. The molecule has 6 nitrogen and oxygen atoms in total. The zero-order valence-corrected chi connectivity index (χ0v) is 13.8. The standard InChI is InChI=1S/C17H15ClN2O4/c1-10(21)19-13-6-3-11(4-7-13)16(22)20-15-9-12(17(23)24-2)5-8-14(15)18/h3-9H,1-2H3,(H,19,21)(H,20,22). The maximum atomic E-state index is 12.3. The van der Waals surface area contributed by atoms with Gasteiger partial charge in [-0.15, -0.1) is 0 Å². The van der Waals surface area contributed by atoms with E-state index < -0.39 is 11.9 Å². The number of carbonyl (C=O) groups excluding carboxylic acids is 3.